The summed E-state index contributed by atoms with van der Waals surface area (Å²) in [5.41, 5.74) is 8.16. The minimum atomic E-state index is -1.53. The van der Waals surface area contributed by atoms with E-state index in [4.69, 9.17) is 0 Å². The molecule has 0 aliphatic heterocycles. The summed E-state index contributed by atoms with van der Waals surface area (Å²) >= 11 is 0. The van der Waals surface area contributed by atoms with Crippen molar-refractivity contribution in [1.82, 2.24) is 4.40 Å². The molecule has 0 atom stereocenters. The molecule has 0 amide bonds. The standard InChI is InChI=1S/C30H33N2Si/c1-7-33(8-2,9-3)22-17-21-15-16-31(6)30-27-20(5)13-14-23-26-19(4)11-10-12-24(26)32(29(23)27)25(18-22)28(21)30/h10-18H,7-9H2,1-6H3/q+1. The van der Waals surface area contributed by atoms with Crippen LogP contribution in [0.2, 0.25) is 18.1 Å². The number of aryl methyl sites for hydroxylation is 3. The predicted octanol–water partition coefficient (Wildman–Crippen LogP) is 7.15. The average molecular weight is 450 g/mol. The topological polar surface area (TPSA) is 8.29 Å². The third-order valence-corrected chi connectivity index (χ3v) is 14.3. The third-order valence-electron chi connectivity index (χ3n) is 8.71. The molecule has 0 unspecified atom stereocenters. The summed E-state index contributed by atoms with van der Waals surface area (Å²) in [4.78, 5) is 0. The minimum Gasteiger partial charge on any atom is -0.307 e. The monoisotopic (exact) mass is 449 g/mol. The van der Waals surface area contributed by atoms with Gasteiger partial charge in [0.2, 0.25) is 5.52 Å². The first-order valence-electron chi connectivity index (χ1n) is 12.5. The summed E-state index contributed by atoms with van der Waals surface area (Å²) in [7, 11) is 0.677. The number of nitrogens with zero attached hydrogens (tertiary/aromatic N) is 2. The second-order valence-corrected chi connectivity index (χ2v) is 15.3. The first-order chi connectivity index (χ1) is 16.0. The van der Waals surface area contributed by atoms with Crippen LogP contribution >= 0.6 is 0 Å². The van der Waals surface area contributed by atoms with E-state index in [1.807, 2.05) is 0 Å². The van der Waals surface area contributed by atoms with Crippen LogP contribution in [0.1, 0.15) is 31.9 Å². The number of aromatic nitrogens is 2. The Morgan fingerprint density at radius 2 is 1.52 bits per heavy atom. The van der Waals surface area contributed by atoms with Crippen molar-refractivity contribution in [2.45, 2.75) is 52.8 Å². The molecular weight excluding hydrogens is 416 g/mol. The molecule has 3 heteroatoms. The quantitative estimate of drug-likeness (QED) is 0.117. The van der Waals surface area contributed by atoms with Crippen molar-refractivity contribution in [2.24, 2.45) is 7.05 Å². The van der Waals surface area contributed by atoms with Crippen LogP contribution in [0.25, 0.3) is 49.0 Å². The largest absolute Gasteiger partial charge is 0.307 e. The first-order valence-corrected chi connectivity index (χ1v) is 15.1. The van der Waals surface area contributed by atoms with Gasteiger partial charge in [-0.3, -0.25) is 0 Å². The number of hydrogen-bond acceptors (Lipinski definition) is 0. The Hall–Kier alpha value is -2.91. The van der Waals surface area contributed by atoms with Crippen LogP contribution in [-0.2, 0) is 7.05 Å². The Balaban J connectivity index is 1.99. The van der Waals surface area contributed by atoms with Crippen LogP contribution < -0.4 is 9.75 Å². The van der Waals surface area contributed by atoms with Crippen molar-refractivity contribution >= 4 is 62.3 Å². The Bertz CT molecular complexity index is 1690. The lowest BCUT2D eigenvalue weighted by Crippen LogP contribution is -2.45. The molecule has 0 fully saturated rings. The van der Waals surface area contributed by atoms with E-state index in [-0.39, 0.29) is 0 Å². The molecule has 0 bridgehead atoms. The lowest BCUT2D eigenvalue weighted by molar-refractivity contribution is -0.643. The highest BCUT2D eigenvalue weighted by Gasteiger charge is 2.31. The molecule has 6 aromatic rings. The Kier molecular flexibility index (Phi) is 4.41. The van der Waals surface area contributed by atoms with E-state index in [0.29, 0.717) is 0 Å². The van der Waals surface area contributed by atoms with Gasteiger partial charge in [-0.1, -0.05) is 74.4 Å². The first kappa shape index (κ1) is 20.7. The van der Waals surface area contributed by atoms with Gasteiger partial charge in [0, 0.05) is 16.8 Å². The van der Waals surface area contributed by atoms with Gasteiger partial charge in [0.05, 0.1) is 35.4 Å². The van der Waals surface area contributed by atoms with Crippen LogP contribution in [0, 0.1) is 13.8 Å². The Labute approximate surface area is 196 Å². The van der Waals surface area contributed by atoms with Crippen molar-refractivity contribution in [1.29, 1.82) is 0 Å². The molecule has 33 heavy (non-hydrogen) atoms. The van der Waals surface area contributed by atoms with E-state index < -0.39 is 8.07 Å². The average Bonchev–Trinajstić information content (AvgIpc) is 3.17. The zero-order chi connectivity index (χ0) is 23.1. The van der Waals surface area contributed by atoms with Gasteiger partial charge in [-0.05, 0) is 42.5 Å². The number of rotatable bonds is 4. The van der Waals surface area contributed by atoms with E-state index in [1.54, 1.807) is 5.19 Å². The summed E-state index contributed by atoms with van der Waals surface area (Å²) in [6, 6.07) is 22.8. The predicted molar refractivity (Wildman–Crippen MR) is 146 cm³/mol. The molecule has 6 rings (SSSR count). The van der Waals surface area contributed by atoms with Gasteiger partial charge < -0.3 is 4.40 Å². The lowest BCUT2D eigenvalue weighted by Gasteiger charge is -2.29. The molecule has 3 aromatic carbocycles. The second kappa shape index (κ2) is 7.04. The van der Waals surface area contributed by atoms with Crippen molar-refractivity contribution in [3.8, 4) is 0 Å². The van der Waals surface area contributed by atoms with Gasteiger partial charge >= 0.3 is 0 Å². The maximum atomic E-state index is 2.60. The summed E-state index contributed by atoms with van der Waals surface area (Å²) in [6.45, 7) is 11.8. The number of pyridine rings is 2. The third kappa shape index (κ3) is 2.52. The molecular formula is C30H33N2Si+. The highest BCUT2D eigenvalue weighted by molar-refractivity contribution is 6.92. The molecule has 0 saturated carbocycles. The summed E-state index contributed by atoms with van der Waals surface area (Å²) in [6.07, 6.45) is 2.26. The number of benzene rings is 3. The second-order valence-electron chi connectivity index (χ2n) is 10.0. The van der Waals surface area contributed by atoms with E-state index in [9.17, 15) is 0 Å². The fourth-order valence-corrected chi connectivity index (χ4v) is 10.2. The van der Waals surface area contributed by atoms with Gasteiger partial charge in [-0.25, -0.2) is 4.57 Å². The molecule has 2 nitrogen and oxygen atoms in total. The van der Waals surface area contributed by atoms with E-state index in [2.05, 4.69) is 105 Å². The summed E-state index contributed by atoms with van der Waals surface area (Å²) < 4.78 is 4.93. The van der Waals surface area contributed by atoms with E-state index in [1.165, 1.54) is 78.3 Å². The van der Waals surface area contributed by atoms with Crippen molar-refractivity contribution < 1.29 is 4.57 Å². The molecule has 166 valence electrons. The zero-order valence-corrected chi connectivity index (χ0v) is 21.7. The smallest absolute Gasteiger partial charge is 0.224 e. The molecule has 0 spiro atoms. The van der Waals surface area contributed by atoms with Crippen LogP contribution in [-0.4, -0.2) is 12.5 Å². The molecule has 0 N–H and O–H groups in total. The zero-order valence-electron chi connectivity index (χ0n) is 20.7. The number of fused-ring (bicyclic) bond motifs is 5. The summed E-state index contributed by atoms with van der Waals surface area (Å²) in [5.74, 6) is 0. The van der Waals surface area contributed by atoms with Gasteiger partial charge in [0.15, 0.2) is 6.20 Å². The maximum absolute atomic E-state index is 2.60. The highest BCUT2D eigenvalue weighted by atomic mass is 28.3. The summed E-state index contributed by atoms with van der Waals surface area (Å²) in [5, 5.41) is 8.57. The normalized spacial score (nSPS) is 12.9. The van der Waals surface area contributed by atoms with Gasteiger partial charge in [-0.15, -0.1) is 0 Å². The van der Waals surface area contributed by atoms with Crippen LogP contribution in [0.4, 0.5) is 0 Å². The Morgan fingerprint density at radius 1 is 0.788 bits per heavy atom. The molecule has 3 aromatic heterocycles. The Morgan fingerprint density at radius 3 is 2.24 bits per heavy atom. The van der Waals surface area contributed by atoms with Crippen LogP contribution in [0.15, 0.2) is 54.7 Å². The van der Waals surface area contributed by atoms with Crippen LogP contribution in [0.3, 0.4) is 0 Å². The van der Waals surface area contributed by atoms with Gasteiger partial charge in [0.25, 0.3) is 0 Å². The fraction of sp³-hybridized carbons (Fsp3) is 0.300. The maximum Gasteiger partial charge on any atom is 0.224 e. The highest BCUT2D eigenvalue weighted by Crippen LogP contribution is 2.41. The van der Waals surface area contributed by atoms with Crippen molar-refractivity contribution in [3.05, 3.63) is 65.9 Å². The number of hydrogen-bond donors (Lipinski definition) is 0. The molecule has 0 aliphatic carbocycles. The molecule has 3 heterocycles. The van der Waals surface area contributed by atoms with E-state index in [0.717, 1.165) is 0 Å². The van der Waals surface area contributed by atoms with Gasteiger partial charge in [-0.2, -0.15) is 0 Å². The minimum absolute atomic E-state index is 1.30. The van der Waals surface area contributed by atoms with E-state index >= 15 is 0 Å². The lowest BCUT2D eigenvalue weighted by atomic mass is 9.99. The molecule has 0 radical (unpaired) electrons. The van der Waals surface area contributed by atoms with Gasteiger partial charge in [0.1, 0.15) is 7.05 Å². The molecule has 0 saturated heterocycles. The van der Waals surface area contributed by atoms with Crippen molar-refractivity contribution in [3.63, 3.8) is 0 Å². The van der Waals surface area contributed by atoms with Crippen LogP contribution in [0.5, 0.6) is 0 Å². The SMILES string of the molecule is CC[Si](CC)(CC)c1cc2cc[n+](C)c3c4c(C)ccc5c6c(C)cccc6n(c(c1)c23)c54. The molecule has 0 aliphatic rings. The fourth-order valence-electron chi connectivity index (χ4n) is 6.61. The van der Waals surface area contributed by atoms with Crippen molar-refractivity contribution in [2.75, 3.05) is 0 Å².